The average molecular weight is 440 g/mol. The number of rotatable bonds is 7. The van der Waals surface area contributed by atoms with E-state index in [1.165, 1.54) is 11.1 Å². The Kier molecular flexibility index (Phi) is 6.22. The molecular weight excluding hydrogens is 410 g/mol. The zero-order valence-electron chi connectivity index (χ0n) is 18.7. The second kappa shape index (κ2) is 9.59. The maximum Gasteiger partial charge on any atom is 0.255 e. The monoisotopic (exact) mass is 439 g/mol. The normalized spacial score (nSPS) is 19.9. The molecule has 0 spiro atoms. The summed E-state index contributed by atoms with van der Waals surface area (Å²) in [7, 11) is 0. The molecule has 5 rings (SSSR count). The molecule has 5 nitrogen and oxygen atoms in total. The van der Waals surface area contributed by atoms with Crippen LogP contribution in [-0.2, 0) is 11.3 Å². The van der Waals surface area contributed by atoms with Crippen molar-refractivity contribution in [1.82, 2.24) is 5.32 Å². The van der Waals surface area contributed by atoms with Gasteiger partial charge in [-0.2, -0.15) is 0 Å². The fourth-order valence-corrected chi connectivity index (χ4v) is 4.54. The van der Waals surface area contributed by atoms with E-state index in [-0.39, 0.29) is 11.8 Å². The summed E-state index contributed by atoms with van der Waals surface area (Å²) >= 11 is 0. The first-order chi connectivity index (χ1) is 16.2. The molecule has 0 radical (unpaired) electrons. The lowest BCUT2D eigenvalue weighted by Crippen LogP contribution is -2.35. The summed E-state index contributed by atoms with van der Waals surface area (Å²) in [5, 5.41) is 6.61. The van der Waals surface area contributed by atoms with Gasteiger partial charge in [-0.3, -0.25) is 9.59 Å². The highest BCUT2D eigenvalue weighted by molar-refractivity contribution is 6.05. The number of carbonyl (C=O) groups excluding carboxylic acids is 2. The molecule has 1 aliphatic carbocycles. The van der Waals surface area contributed by atoms with E-state index in [0.29, 0.717) is 30.5 Å². The first-order valence-electron chi connectivity index (χ1n) is 11.8. The van der Waals surface area contributed by atoms with Gasteiger partial charge in [0.2, 0.25) is 5.91 Å². The summed E-state index contributed by atoms with van der Waals surface area (Å²) in [6, 6.07) is 26.4. The van der Waals surface area contributed by atoms with Crippen molar-refractivity contribution in [3.8, 4) is 0 Å². The summed E-state index contributed by atoms with van der Waals surface area (Å²) in [5.74, 6) is 0.492. The second-order valence-electron chi connectivity index (χ2n) is 8.94. The molecule has 33 heavy (non-hydrogen) atoms. The van der Waals surface area contributed by atoms with Crippen LogP contribution in [0.2, 0.25) is 0 Å². The van der Waals surface area contributed by atoms with Crippen LogP contribution in [0.1, 0.15) is 53.1 Å². The van der Waals surface area contributed by atoms with Gasteiger partial charge in [-0.15, -0.1) is 0 Å². The van der Waals surface area contributed by atoms with Crippen molar-refractivity contribution in [2.24, 2.45) is 0 Å². The van der Waals surface area contributed by atoms with Crippen LogP contribution in [0.15, 0.2) is 78.9 Å². The van der Waals surface area contributed by atoms with Gasteiger partial charge in [0.15, 0.2) is 0 Å². The summed E-state index contributed by atoms with van der Waals surface area (Å²) in [4.78, 5) is 26.8. The topological polar surface area (TPSA) is 61.4 Å². The molecule has 0 bridgehead atoms. The molecule has 1 saturated carbocycles. The fourth-order valence-electron chi connectivity index (χ4n) is 4.54. The Morgan fingerprint density at radius 1 is 0.939 bits per heavy atom. The fraction of sp³-hybridized carbons (Fsp3) is 0.286. The lowest BCUT2D eigenvalue weighted by molar-refractivity contribution is -0.119. The Morgan fingerprint density at radius 3 is 2.55 bits per heavy atom. The van der Waals surface area contributed by atoms with Crippen LogP contribution in [0.3, 0.4) is 0 Å². The number of amides is 2. The minimum Gasteiger partial charge on any atom is -0.322 e. The van der Waals surface area contributed by atoms with Gasteiger partial charge in [-0.25, -0.2) is 0 Å². The number of benzene rings is 3. The van der Waals surface area contributed by atoms with Gasteiger partial charge in [0.1, 0.15) is 0 Å². The number of nitrogens with zero attached hydrogens (tertiary/aromatic N) is 1. The largest absolute Gasteiger partial charge is 0.322 e. The van der Waals surface area contributed by atoms with E-state index in [0.717, 1.165) is 37.2 Å². The minimum absolute atomic E-state index is 0.131. The van der Waals surface area contributed by atoms with Gasteiger partial charge in [0.25, 0.3) is 5.91 Å². The van der Waals surface area contributed by atoms with Crippen molar-refractivity contribution in [2.75, 3.05) is 16.8 Å². The Morgan fingerprint density at radius 2 is 1.76 bits per heavy atom. The molecular formula is C28H29N3O2. The van der Waals surface area contributed by atoms with Gasteiger partial charge in [0.05, 0.1) is 0 Å². The molecule has 2 N–H and O–H groups in total. The van der Waals surface area contributed by atoms with E-state index in [1.54, 1.807) is 17.0 Å². The van der Waals surface area contributed by atoms with E-state index in [9.17, 15) is 9.59 Å². The van der Waals surface area contributed by atoms with Crippen molar-refractivity contribution in [3.63, 3.8) is 0 Å². The molecule has 2 aliphatic rings. The Labute approximate surface area is 194 Å². The number of hydrogen-bond donors (Lipinski definition) is 2. The van der Waals surface area contributed by atoms with Crippen molar-refractivity contribution in [2.45, 2.75) is 44.2 Å². The van der Waals surface area contributed by atoms with E-state index in [2.05, 4.69) is 47.0 Å². The zero-order valence-corrected chi connectivity index (χ0v) is 18.7. The highest BCUT2D eigenvalue weighted by Crippen LogP contribution is 2.41. The number of carbonyl (C=O) groups is 2. The average Bonchev–Trinajstić information content (AvgIpc) is 3.64. The van der Waals surface area contributed by atoms with Crippen LogP contribution in [0.4, 0.5) is 11.4 Å². The Balaban J connectivity index is 1.17. The molecule has 3 aromatic carbocycles. The van der Waals surface area contributed by atoms with Gasteiger partial charge in [-0.05, 0) is 60.7 Å². The van der Waals surface area contributed by atoms with Crippen molar-refractivity contribution in [1.29, 1.82) is 0 Å². The molecule has 2 unspecified atom stereocenters. The Bertz CT molecular complexity index is 1130. The molecule has 2 atom stereocenters. The molecule has 2 fully saturated rings. The van der Waals surface area contributed by atoms with Gasteiger partial charge in [-0.1, -0.05) is 48.5 Å². The quantitative estimate of drug-likeness (QED) is 0.538. The second-order valence-corrected chi connectivity index (χ2v) is 8.94. The molecule has 1 heterocycles. The van der Waals surface area contributed by atoms with E-state index < -0.39 is 0 Å². The van der Waals surface area contributed by atoms with Crippen LogP contribution in [0.5, 0.6) is 0 Å². The first kappa shape index (κ1) is 21.4. The molecule has 5 heteroatoms. The van der Waals surface area contributed by atoms with Crippen LogP contribution in [0, 0.1) is 0 Å². The van der Waals surface area contributed by atoms with Gasteiger partial charge >= 0.3 is 0 Å². The van der Waals surface area contributed by atoms with Gasteiger partial charge < -0.3 is 15.5 Å². The summed E-state index contributed by atoms with van der Waals surface area (Å²) in [6.07, 6.45) is 3.65. The predicted molar refractivity (Wildman–Crippen MR) is 131 cm³/mol. The van der Waals surface area contributed by atoms with Gasteiger partial charge in [0, 0.05) is 48.4 Å². The molecule has 168 valence electrons. The summed E-state index contributed by atoms with van der Waals surface area (Å²) < 4.78 is 0. The maximum atomic E-state index is 12.8. The minimum atomic E-state index is -0.164. The third kappa shape index (κ3) is 5.15. The van der Waals surface area contributed by atoms with Crippen molar-refractivity contribution in [3.05, 3.63) is 95.6 Å². The summed E-state index contributed by atoms with van der Waals surface area (Å²) in [5.41, 5.74) is 4.73. The van der Waals surface area contributed by atoms with Crippen molar-refractivity contribution >= 4 is 23.2 Å². The van der Waals surface area contributed by atoms with Crippen LogP contribution in [0.25, 0.3) is 0 Å². The number of nitrogens with one attached hydrogen (secondary N) is 2. The smallest absolute Gasteiger partial charge is 0.255 e. The van der Waals surface area contributed by atoms with E-state index in [1.807, 2.05) is 30.3 Å². The maximum absolute atomic E-state index is 12.8. The summed E-state index contributed by atoms with van der Waals surface area (Å²) in [6.45, 7) is 1.60. The Hall–Kier alpha value is -3.44. The predicted octanol–water partition coefficient (Wildman–Crippen LogP) is 5.10. The lowest BCUT2D eigenvalue weighted by Gasteiger charge is -2.27. The van der Waals surface area contributed by atoms with Crippen molar-refractivity contribution < 1.29 is 9.59 Å². The molecule has 1 aliphatic heterocycles. The number of piperidine rings is 1. The SMILES string of the molecule is O=C(Nc1ccc(C2CC2NCc2ccccc2)cc1)c1cccc(N2CCCCC2=O)c1. The van der Waals surface area contributed by atoms with Crippen LogP contribution < -0.4 is 15.5 Å². The lowest BCUT2D eigenvalue weighted by atomic mass is 10.1. The van der Waals surface area contributed by atoms with E-state index >= 15 is 0 Å². The highest BCUT2D eigenvalue weighted by Gasteiger charge is 2.37. The van der Waals surface area contributed by atoms with E-state index in [4.69, 9.17) is 0 Å². The third-order valence-corrected chi connectivity index (χ3v) is 6.54. The number of hydrogen-bond acceptors (Lipinski definition) is 3. The molecule has 2 amide bonds. The van der Waals surface area contributed by atoms with Crippen LogP contribution in [-0.4, -0.2) is 24.4 Å². The standard InChI is InChI=1S/C28H29N3O2/c32-27-11-4-5-16-31(27)24-10-6-9-22(17-24)28(33)30-23-14-12-21(13-15-23)25-18-26(25)29-19-20-7-2-1-3-8-20/h1-3,6-10,12-15,17,25-26,29H,4-5,11,16,18-19H2,(H,30,33). The third-order valence-electron chi connectivity index (χ3n) is 6.54. The molecule has 3 aromatic rings. The zero-order chi connectivity index (χ0) is 22.6. The molecule has 0 aromatic heterocycles. The highest BCUT2D eigenvalue weighted by atomic mass is 16.2. The first-order valence-corrected chi connectivity index (χ1v) is 11.8. The van der Waals surface area contributed by atoms with Crippen LogP contribution >= 0.6 is 0 Å². The molecule has 1 saturated heterocycles. The number of anilines is 2.